The lowest BCUT2D eigenvalue weighted by Gasteiger charge is -2.29. The lowest BCUT2D eigenvalue weighted by Crippen LogP contribution is -2.32. The summed E-state index contributed by atoms with van der Waals surface area (Å²) >= 11 is 0. The molecule has 1 rings (SSSR count). The van der Waals surface area contributed by atoms with E-state index in [9.17, 15) is 0 Å². The van der Waals surface area contributed by atoms with Crippen molar-refractivity contribution in [2.75, 3.05) is 6.54 Å². The summed E-state index contributed by atoms with van der Waals surface area (Å²) in [4.78, 5) is 0. The summed E-state index contributed by atoms with van der Waals surface area (Å²) in [7, 11) is 0. The summed E-state index contributed by atoms with van der Waals surface area (Å²) in [6.07, 6.45) is 11.3. The molecule has 0 amide bonds. The molecule has 0 bridgehead atoms. The van der Waals surface area contributed by atoms with Crippen molar-refractivity contribution in [3.05, 3.63) is 0 Å². The minimum atomic E-state index is 0.726. The lowest BCUT2D eigenvalue weighted by atomic mass is 9.81. The van der Waals surface area contributed by atoms with Gasteiger partial charge in [0, 0.05) is 6.04 Å². The van der Waals surface area contributed by atoms with Crippen LogP contribution in [0.3, 0.4) is 0 Å². The summed E-state index contributed by atoms with van der Waals surface area (Å²) in [6, 6.07) is 0.726. The second-order valence-electron chi connectivity index (χ2n) is 5.75. The number of hydrogen-bond acceptors (Lipinski definition) is 1. The van der Waals surface area contributed by atoms with E-state index in [1.54, 1.807) is 0 Å². The van der Waals surface area contributed by atoms with Gasteiger partial charge in [-0.3, -0.25) is 0 Å². The van der Waals surface area contributed by atoms with E-state index in [-0.39, 0.29) is 0 Å². The van der Waals surface area contributed by atoms with Crippen LogP contribution in [0.5, 0.6) is 0 Å². The van der Waals surface area contributed by atoms with Crippen molar-refractivity contribution in [2.24, 2.45) is 11.8 Å². The summed E-state index contributed by atoms with van der Waals surface area (Å²) in [5.41, 5.74) is 0. The van der Waals surface area contributed by atoms with Gasteiger partial charge in [0.25, 0.3) is 0 Å². The highest BCUT2D eigenvalue weighted by atomic mass is 14.9. The molecule has 96 valence electrons. The maximum absolute atomic E-state index is 3.72. The van der Waals surface area contributed by atoms with Gasteiger partial charge in [-0.05, 0) is 44.6 Å². The average molecular weight is 225 g/mol. The highest BCUT2D eigenvalue weighted by Crippen LogP contribution is 2.30. The molecule has 1 fully saturated rings. The molecule has 0 saturated heterocycles. The van der Waals surface area contributed by atoms with E-state index >= 15 is 0 Å². The zero-order valence-corrected chi connectivity index (χ0v) is 11.6. The Kier molecular flexibility index (Phi) is 7.11. The number of unbranched alkanes of at least 4 members (excludes halogenated alkanes) is 1. The predicted molar refractivity (Wildman–Crippen MR) is 72.7 cm³/mol. The molecule has 0 aliphatic heterocycles. The number of rotatable bonds is 7. The molecule has 1 saturated carbocycles. The first kappa shape index (κ1) is 14.0. The quantitative estimate of drug-likeness (QED) is 0.678. The Bertz CT molecular complexity index is 159. The van der Waals surface area contributed by atoms with Crippen molar-refractivity contribution < 1.29 is 0 Å². The van der Waals surface area contributed by atoms with Gasteiger partial charge in [0.15, 0.2) is 0 Å². The molecule has 0 spiro atoms. The van der Waals surface area contributed by atoms with Crippen molar-refractivity contribution in [3.8, 4) is 0 Å². The highest BCUT2D eigenvalue weighted by Gasteiger charge is 2.19. The zero-order valence-electron chi connectivity index (χ0n) is 11.6. The molecule has 0 radical (unpaired) electrons. The first-order valence-corrected chi connectivity index (χ1v) is 7.49. The predicted octanol–water partition coefficient (Wildman–Crippen LogP) is 4.37. The molecule has 1 unspecified atom stereocenters. The number of nitrogens with one attached hydrogen (secondary N) is 1. The van der Waals surface area contributed by atoms with Crippen molar-refractivity contribution in [2.45, 2.75) is 78.2 Å². The van der Waals surface area contributed by atoms with Crippen molar-refractivity contribution in [1.82, 2.24) is 5.32 Å². The van der Waals surface area contributed by atoms with Crippen LogP contribution >= 0.6 is 0 Å². The highest BCUT2D eigenvalue weighted by molar-refractivity contribution is 4.74. The first-order valence-electron chi connectivity index (χ1n) is 7.49. The van der Waals surface area contributed by atoms with E-state index in [1.165, 1.54) is 57.9 Å². The SMILES string of the molecule is CCCCC(C)NCC1CCC(CC)CC1. The van der Waals surface area contributed by atoms with E-state index in [2.05, 4.69) is 26.1 Å². The van der Waals surface area contributed by atoms with Crippen molar-refractivity contribution >= 4 is 0 Å². The van der Waals surface area contributed by atoms with Gasteiger partial charge >= 0.3 is 0 Å². The van der Waals surface area contributed by atoms with Crippen molar-refractivity contribution in [3.63, 3.8) is 0 Å². The zero-order chi connectivity index (χ0) is 11.8. The van der Waals surface area contributed by atoms with Crippen LogP contribution in [-0.4, -0.2) is 12.6 Å². The molecule has 1 nitrogen and oxygen atoms in total. The van der Waals surface area contributed by atoms with Crippen LogP contribution in [0.25, 0.3) is 0 Å². The Morgan fingerprint density at radius 3 is 2.25 bits per heavy atom. The Labute approximate surface area is 102 Å². The first-order chi connectivity index (χ1) is 7.76. The van der Waals surface area contributed by atoms with E-state index in [0.29, 0.717) is 0 Å². The molecule has 1 atom stereocenters. The van der Waals surface area contributed by atoms with Crippen LogP contribution in [0.2, 0.25) is 0 Å². The molecule has 0 aromatic rings. The van der Waals surface area contributed by atoms with E-state index < -0.39 is 0 Å². The average Bonchev–Trinajstić information content (AvgIpc) is 2.34. The Balaban J connectivity index is 2.05. The molecular weight excluding hydrogens is 194 g/mol. The van der Waals surface area contributed by atoms with Crippen molar-refractivity contribution in [1.29, 1.82) is 0 Å². The van der Waals surface area contributed by atoms with E-state index in [0.717, 1.165) is 17.9 Å². The molecule has 0 aromatic carbocycles. The monoisotopic (exact) mass is 225 g/mol. The topological polar surface area (TPSA) is 12.0 Å². The van der Waals surface area contributed by atoms with E-state index in [4.69, 9.17) is 0 Å². The van der Waals surface area contributed by atoms with Gasteiger partial charge in [-0.1, -0.05) is 46.0 Å². The van der Waals surface area contributed by atoms with Gasteiger partial charge in [-0.25, -0.2) is 0 Å². The molecular formula is C15H31N. The second-order valence-corrected chi connectivity index (χ2v) is 5.75. The molecule has 16 heavy (non-hydrogen) atoms. The Morgan fingerprint density at radius 1 is 1.06 bits per heavy atom. The Hall–Kier alpha value is -0.0400. The van der Waals surface area contributed by atoms with Gasteiger partial charge in [-0.2, -0.15) is 0 Å². The summed E-state index contributed by atoms with van der Waals surface area (Å²) < 4.78 is 0. The molecule has 1 heteroatoms. The van der Waals surface area contributed by atoms with Gasteiger partial charge in [0.2, 0.25) is 0 Å². The van der Waals surface area contributed by atoms with Crippen LogP contribution in [0, 0.1) is 11.8 Å². The minimum absolute atomic E-state index is 0.726. The third-order valence-corrected chi connectivity index (χ3v) is 4.29. The molecule has 0 heterocycles. The fourth-order valence-electron chi connectivity index (χ4n) is 2.82. The lowest BCUT2D eigenvalue weighted by molar-refractivity contribution is 0.256. The maximum atomic E-state index is 3.72. The standard InChI is InChI=1S/C15H31N/c1-4-6-7-13(3)16-12-15-10-8-14(5-2)9-11-15/h13-16H,4-12H2,1-3H3. The summed E-state index contributed by atoms with van der Waals surface area (Å²) in [5.74, 6) is 2.00. The van der Waals surface area contributed by atoms with Gasteiger partial charge in [0.1, 0.15) is 0 Å². The molecule has 1 N–H and O–H groups in total. The Morgan fingerprint density at radius 2 is 1.69 bits per heavy atom. The molecule has 1 aliphatic carbocycles. The third kappa shape index (κ3) is 5.34. The third-order valence-electron chi connectivity index (χ3n) is 4.29. The number of hydrogen-bond donors (Lipinski definition) is 1. The normalized spacial score (nSPS) is 27.9. The minimum Gasteiger partial charge on any atom is -0.314 e. The largest absolute Gasteiger partial charge is 0.314 e. The van der Waals surface area contributed by atoms with Gasteiger partial charge in [0.05, 0.1) is 0 Å². The summed E-state index contributed by atoms with van der Waals surface area (Å²) in [6.45, 7) is 8.23. The fourth-order valence-corrected chi connectivity index (χ4v) is 2.82. The van der Waals surface area contributed by atoms with Gasteiger partial charge in [-0.15, -0.1) is 0 Å². The van der Waals surface area contributed by atoms with Crippen LogP contribution in [0.15, 0.2) is 0 Å². The van der Waals surface area contributed by atoms with Crippen LogP contribution < -0.4 is 5.32 Å². The van der Waals surface area contributed by atoms with Crippen LogP contribution in [0.1, 0.15) is 72.1 Å². The second kappa shape index (κ2) is 8.11. The van der Waals surface area contributed by atoms with E-state index in [1.807, 2.05) is 0 Å². The van der Waals surface area contributed by atoms with Crippen LogP contribution in [0.4, 0.5) is 0 Å². The summed E-state index contributed by atoms with van der Waals surface area (Å²) in [5, 5.41) is 3.72. The fraction of sp³-hybridized carbons (Fsp3) is 1.00. The smallest absolute Gasteiger partial charge is 0.00388 e. The molecule has 0 aromatic heterocycles. The van der Waals surface area contributed by atoms with Crippen LogP contribution in [-0.2, 0) is 0 Å². The maximum Gasteiger partial charge on any atom is 0.00388 e. The molecule has 1 aliphatic rings. The van der Waals surface area contributed by atoms with Gasteiger partial charge < -0.3 is 5.32 Å².